The third-order valence-electron chi connectivity index (χ3n) is 7.84. The number of nitrogens with zero attached hydrogens (tertiary/aromatic N) is 1. The Hall–Kier alpha value is -4.76. The highest BCUT2D eigenvalue weighted by atomic mass is 15.1. The molecular formula is C36H33N3. The normalized spacial score (nSPS) is 18.9. The van der Waals surface area contributed by atoms with Crippen molar-refractivity contribution in [3.8, 4) is 0 Å². The van der Waals surface area contributed by atoms with E-state index in [1.165, 1.54) is 11.1 Å². The van der Waals surface area contributed by atoms with Gasteiger partial charge in [0.1, 0.15) is 0 Å². The van der Waals surface area contributed by atoms with E-state index >= 15 is 0 Å². The Kier molecular flexibility index (Phi) is 6.42. The summed E-state index contributed by atoms with van der Waals surface area (Å²) in [6.07, 6.45) is 8.61. The average molecular weight is 508 g/mol. The maximum Gasteiger partial charge on any atom is 0.0544 e. The first-order valence-corrected chi connectivity index (χ1v) is 13.5. The minimum absolute atomic E-state index is 0.743. The lowest BCUT2D eigenvalue weighted by molar-refractivity contribution is 0.880. The highest BCUT2D eigenvalue weighted by Crippen LogP contribution is 2.42. The molecule has 6 rings (SSSR count). The van der Waals surface area contributed by atoms with E-state index in [1.807, 2.05) is 18.2 Å². The minimum atomic E-state index is 0.743. The minimum Gasteiger partial charge on any atom is -0.398 e. The average Bonchev–Trinajstić information content (AvgIpc) is 2.99. The molecule has 1 aliphatic carbocycles. The van der Waals surface area contributed by atoms with Gasteiger partial charge in [-0.1, -0.05) is 91.5 Å². The molecule has 0 saturated heterocycles. The molecule has 0 radical (unpaired) electrons. The van der Waals surface area contributed by atoms with Crippen LogP contribution in [0.1, 0.15) is 30.9 Å². The van der Waals surface area contributed by atoms with Gasteiger partial charge in [0, 0.05) is 57.5 Å². The van der Waals surface area contributed by atoms with Gasteiger partial charge >= 0.3 is 0 Å². The molecular weight excluding hydrogens is 474 g/mol. The Balaban J connectivity index is 1.65. The van der Waals surface area contributed by atoms with Crippen LogP contribution in [0.25, 0.3) is 21.9 Å². The van der Waals surface area contributed by atoms with Crippen LogP contribution in [0, 0.1) is 0 Å². The maximum atomic E-state index is 7.13. The molecule has 4 aromatic carbocycles. The summed E-state index contributed by atoms with van der Waals surface area (Å²) in [5, 5.41) is 6.04. The number of anilines is 3. The summed E-state index contributed by atoms with van der Waals surface area (Å²) in [5.41, 5.74) is 18.7. The van der Waals surface area contributed by atoms with Gasteiger partial charge in [-0.25, -0.2) is 0 Å². The summed E-state index contributed by atoms with van der Waals surface area (Å²) in [5.74, 6) is 0. The monoisotopic (exact) mass is 507 g/mol. The van der Waals surface area contributed by atoms with E-state index in [0.29, 0.717) is 0 Å². The number of allylic oxidation sites excluding steroid dienone is 8. The van der Waals surface area contributed by atoms with Crippen LogP contribution in [0.3, 0.4) is 0 Å². The Morgan fingerprint density at radius 1 is 0.846 bits per heavy atom. The lowest BCUT2D eigenvalue weighted by atomic mass is 9.87. The molecule has 0 fully saturated rings. The molecule has 0 amide bonds. The van der Waals surface area contributed by atoms with Crippen molar-refractivity contribution < 1.29 is 0 Å². The Morgan fingerprint density at radius 3 is 2.44 bits per heavy atom. The second kappa shape index (κ2) is 10.2. The zero-order valence-corrected chi connectivity index (χ0v) is 22.5. The van der Waals surface area contributed by atoms with Gasteiger partial charge in [-0.15, -0.1) is 0 Å². The molecule has 1 heterocycles. The van der Waals surface area contributed by atoms with Crippen molar-refractivity contribution in [2.75, 3.05) is 17.3 Å². The number of nitrogens with one attached hydrogen (secondary N) is 1. The van der Waals surface area contributed by atoms with Crippen LogP contribution >= 0.6 is 0 Å². The number of rotatable bonds is 3. The molecule has 2 aliphatic rings. The third kappa shape index (κ3) is 4.46. The smallest absolute Gasteiger partial charge is 0.0544 e. The van der Waals surface area contributed by atoms with Crippen LogP contribution in [0.5, 0.6) is 0 Å². The first-order chi connectivity index (χ1) is 19.0. The fourth-order valence-corrected chi connectivity index (χ4v) is 5.72. The van der Waals surface area contributed by atoms with E-state index < -0.39 is 0 Å². The van der Waals surface area contributed by atoms with E-state index in [-0.39, 0.29) is 0 Å². The molecule has 1 aliphatic heterocycles. The van der Waals surface area contributed by atoms with Crippen LogP contribution in [-0.4, -0.2) is 7.05 Å². The third-order valence-corrected chi connectivity index (χ3v) is 7.84. The van der Waals surface area contributed by atoms with Gasteiger partial charge in [0.25, 0.3) is 0 Å². The SMILES string of the molecule is C=C1/C=C(c2ccc3ccccc3c2Nc2ccccc2)\C(N)=C(/C)c2ccccc2N(C)C2=C1C=CCC2. The van der Waals surface area contributed by atoms with Crippen molar-refractivity contribution in [1.82, 2.24) is 0 Å². The molecule has 0 bridgehead atoms. The van der Waals surface area contributed by atoms with Crippen molar-refractivity contribution in [2.24, 2.45) is 5.73 Å². The topological polar surface area (TPSA) is 41.3 Å². The summed E-state index contributed by atoms with van der Waals surface area (Å²) in [6, 6.07) is 31.7. The van der Waals surface area contributed by atoms with Crippen molar-refractivity contribution in [3.63, 3.8) is 0 Å². The summed E-state index contributed by atoms with van der Waals surface area (Å²) in [7, 11) is 2.15. The number of fused-ring (bicyclic) bond motifs is 2. The number of benzene rings is 4. The van der Waals surface area contributed by atoms with Crippen LogP contribution in [-0.2, 0) is 0 Å². The van der Waals surface area contributed by atoms with Crippen molar-refractivity contribution in [2.45, 2.75) is 19.8 Å². The van der Waals surface area contributed by atoms with Gasteiger partial charge in [0.15, 0.2) is 0 Å². The molecule has 39 heavy (non-hydrogen) atoms. The van der Waals surface area contributed by atoms with E-state index in [1.54, 1.807) is 0 Å². The molecule has 0 unspecified atom stereocenters. The predicted molar refractivity (Wildman–Crippen MR) is 168 cm³/mol. The number of nitrogens with two attached hydrogens (primary N) is 1. The fraction of sp³-hybridized carbons (Fsp3) is 0.111. The lowest BCUT2D eigenvalue weighted by Gasteiger charge is -2.31. The Morgan fingerprint density at radius 2 is 1.59 bits per heavy atom. The van der Waals surface area contributed by atoms with Gasteiger partial charge in [-0.2, -0.15) is 0 Å². The molecule has 3 N–H and O–H groups in total. The van der Waals surface area contributed by atoms with Gasteiger partial charge in [0.2, 0.25) is 0 Å². The first kappa shape index (κ1) is 24.6. The maximum absolute atomic E-state index is 7.13. The van der Waals surface area contributed by atoms with E-state index in [2.05, 4.69) is 122 Å². The number of para-hydroxylation sites is 2. The molecule has 3 heteroatoms. The Labute approximate surface area is 231 Å². The first-order valence-electron chi connectivity index (χ1n) is 13.5. The summed E-state index contributed by atoms with van der Waals surface area (Å²) in [4.78, 5) is 2.31. The quantitative estimate of drug-likeness (QED) is 0.291. The highest BCUT2D eigenvalue weighted by molar-refractivity contribution is 6.05. The standard InChI is InChI=1S/C36H33N3/c1-24-23-32(31-22-21-26-13-7-8-18-30(26)36(31)38-27-14-5-4-6-15-27)35(37)25(2)29-17-10-12-20-34(29)39(3)33-19-11-9-16-28(24)33/h4-10,12-18,20-23,38H,1,11,19,37H2,2-3H3/b32-23-,35-25-. The van der Waals surface area contributed by atoms with Gasteiger partial charge < -0.3 is 16.0 Å². The van der Waals surface area contributed by atoms with E-state index in [0.717, 1.165) is 74.4 Å². The zero-order valence-electron chi connectivity index (χ0n) is 22.5. The van der Waals surface area contributed by atoms with Crippen LogP contribution in [0.15, 0.2) is 138 Å². The van der Waals surface area contributed by atoms with Crippen LogP contribution < -0.4 is 16.0 Å². The molecule has 0 atom stereocenters. The summed E-state index contributed by atoms with van der Waals surface area (Å²) < 4.78 is 0. The second-order valence-corrected chi connectivity index (χ2v) is 10.2. The second-order valence-electron chi connectivity index (χ2n) is 10.2. The van der Waals surface area contributed by atoms with Crippen molar-refractivity contribution in [3.05, 3.63) is 149 Å². The van der Waals surface area contributed by atoms with Gasteiger partial charge in [0.05, 0.1) is 5.69 Å². The number of hydrogen-bond donors (Lipinski definition) is 2. The molecule has 0 saturated carbocycles. The summed E-state index contributed by atoms with van der Waals surface area (Å²) >= 11 is 0. The molecule has 3 nitrogen and oxygen atoms in total. The molecule has 192 valence electrons. The Bertz CT molecular complexity index is 1720. The number of hydrogen-bond acceptors (Lipinski definition) is 3. The van der Waals surface area contributed by atoms with Gasteiger partial charge in [-0.05, 0) is 60.6 Å². The van der Waals surface area contributed by atoms with Crippen molar-refractivity contribution >= 4 is 39.0 Å². The molecule has 0 spiro atoms. The highest BCUT2D eigenvalue weighted by Gasteiger charge is 2.23. The van der Waals surface area contributed by atoms with E-state index in [9.17, 15) is 0 Å². The molecule has 4 aromatic rings. The van der Waals surface area contributed by atoms with Crippen molar-refractivity contribution in [1.29, 1.82) is 0 Å². The zero-order chi connectivity index (χ0) is 26.9. The summed E-state index contributed by atoms with van der Waals surface area (Å²) in [6.45, 7) is 6.69. The van der Waals surface area contributed by atoms with Gasteiger partial charge in [-0.3, -0.25) is 0 Å². The van der Waals surface area contributed by atoms with Crippen LogP contribution in [0.4, 0.5) is 17.1 Å². The lowest BCUT2D eigenvalue weighted by Crippen LogP contribution is -2.22. The predicted octanol–water partition coefficient (Wildman–Crippen LogP) is 8.97. The molecule has 0 aromatic heterocycles. The largest absolute Gasteiger partial charge is 0.398 e. The van der Waals surface area contributed by atoms with E-state index in [4.69, 9.17) is 5.73 Å². The van der Waals surface area contributed by atoms with Crippen LogP contribution in [0.2, 0.25) is 0 Å². The fourth-order valence-electron chi connectivity index (χ4n) is 5.72.